The highest BCUT2D eigenvalue weighted by atomic mass is 16.5. The lowest BCUT2D eigenvalue weighted by Gasteiger charge is -2.13. The average molecular weight is 210 g/mol. The largest absolute Gasteiger partial charge is 0.491 e. The molecule has 1 N–H and O–H groups in total. The van der Waals surface area contributed by atoms with Gasteiger partial charge >= 0.3 is 0 Å². The zero-order valence-corrected chi connectivity index (χ0v) is 9.06. The Morgan fingerprint density at radius 2 is 2.00 bits per heavy atom. The lowest BCUT2D eigenvalue weighted by Crippen LogP contribution is -2.19. The lowest BCUT2D eigenvalue weighted by molar-refractivity contribution is 0.0255. The van der Waals surface area contributed by atoms with Crippen LogP contribution >= 0.6 is 0 Å². The molecule has 0 spiro atoms. The van der Waals surface area contributed by atoms with Gasteiger partial charge in [0.1, 0.15) is 12.4 Å². The van der Waals surface area contributed by atoms with Crippen molar-refractivity contribution in [2.24, 2.45) is 0 Å². The second kappa shape index (κ2) is 7.26. The van der Waals surface area contributed by atoms with E-state index in [0.29, 0.717) is 19.6 Å². The smallest absolute Gasteiger partial charge is 0.119 e. The molecule has 0 aliphatic rings. The van der Waals surface area contributed by atoms with Gasteiger partial charge in [-0.3, -0.25) is 0 Å². The van der Waals surface area contributed by atoms with Gasteiger partial charge in [-0.15, -0.1) is 0 Å². The van der Waals surface area contributed by atoms with E-state index in [1.54, 1.807) is 0 Å². The fourth-order valence-electron chi connectivity index (χ4n) is 1.13. The molecule has 0 aliphatic carbocycles. The Balaban J connectivity index is 2.14. The predicted molar refractivity (Wildman–Crippen MR) is 59.1 cm³/mol. The number of benzene rings is 1. The van der Waals surface area contributed by atoms with Crippen LogP contribution in [0.3, 0.4) is 0 Å². The molecule has 0 fully saturated rings. The van der Waals surface area contributed by atoms with E-state index in [0.717, 1.165) is 5.75 Å². The van der Waals surface area contributed by atoms with Gasteiger partial charge in [0.15, 0.2) is 0 Å². The highest BCUT2D eigenvalue weighted by Gasteiger charge is 2.02. The number of aliphatic hydroxyl groups excluding tert-OH is 1. The Kier molecular flexibility index (Phi) is 5.81. The first kappa shape index (κ1) is 12.0. The van der Waals surface area contributed by atoms with Crippen molar-refractivity contribution in [3.8, 4) is 5.75 Å². The lowest BCUT2D eigenvalue weighted by atomic mass is 10.3. The molecule has 0 heterocycles. The number of aliphatic hydroxyl groups is 1. The van der Waals surface area contributed by atoms with Gasteiger partial charge < -0.3 is 14.6 Å². The molecule has 0 aliphatic heterocycles. The van der Waals surface area contributed by atoms with Crippen molar-refractivity contribution in [3.63, 3.8) is 0 Å². The summed E-state index contributed by atoms with van der Waals surface area (Å²) in [7, 11) is 0. The summed E-state index contributed by atoms with van der Waals surface area (Å²) < 4.78 is 10.9. The summed E-state index contributed by atoms with van der Waals surface area (Å²) >= 11 is 0. The molecule has 0 bridgehead atoms. The van der Waals surface area contributed by atoms with E-state index in [4.69, 9.17) is 14.6 Å². The molecule has 3 heteroatoms. The third-order valence-electron chi connectivity index (χ3n) is 1.93. The zero-order valence-electron chi connectivity index (χ0n) is 9.06. The van der Waals surface area contributed by atoms with Crippen molar-refractivity contribution < 1.29 is 14.6 Å². The molecule has 15 heavy (non-hydrogen) atoms. The predicted octanol–water partition coefficient (Wildman–Crippen LogP) is 1.85. The third kappa shape index (κ3) is 5.40. The zero-order chi connectivity index (χ0) is 10.9. The van der Waals surface area contributed by atoms with Crippen LogP contribution in [-0.4, -0.2) is 31.0 Å². The number of rotatable bonds is 7. The molecular formula is C12H18O3. The molecule has 1 unspecified atom stereocenters. The molecule has 3 nitrogen and oxygen atoms in total. The molecule has 0 saturated carbocycles. The number of hydrogen-bond donors (Lipinski definition) is 1. The Morgan fingerprint density at radius 3 is 2.67 bits per heavy atom. The van der Waals surface area contributed by atoms with E-state index in [1.807, 2.05) is 37.3 Å². The summed E-state index contributed by atoms with van der Waals surface area (Å²) in [5, 5.41) is 8.58. The van der Waals surface area contributed by atoms with Gasteiger partial charge in [0.25, 0.3) is 0 Å². The van der Waals surface area contributed by atoms with Crippen LogP contribution < -0.4 is 4.74 Å². The molecule has 0 radical (unpaired) electrons. The van der Waals surface area contributed by atoms with Crippen LogP contribution in [0.4, 0.5) is 0 Å². The van der Waals surface area contributed by atoms with Gasteiger partial charge in [0.05, 0.1) is 6.10 Å². The standard InChI is InChI=1S/C12H18O3/c1-11(14-9-5-8-13)10-15-12-6-3-2-4-7-12/h2-4,6-7,11,13H,5,8-10H2,1H3. The first-order valence-corrected chi connectivity index (χ1v) is 5.23. The highest BCUT2D eigenvalue weighted by molar-refractivity contribution is 5.20. The first-order chi connectivity index (χ1) is 7.33. The normalized spacial score (nSPS) is 12.4. The minimum Gasteiger partial charge on any atom is -0.491 e. The molecule has 1 atom stereocenters. The van der Waals surface area contributed by atoms with Crippen LogP contribution in [0.2, 0.25) is 0 Å². The second-order valence-electron chi connectivity index (χ2n) is 3.38. The van der Waals surface area contributed by atoms with E-state index >= 15 is 0 Å². The van der Waals surface area contributed by atoms with Crippen LogP contribution in [0.15, 0.2) is 30.3 Å². The molecular weight excluding hydrogens is 192 g/mol. The summed E-state index contributed by atoms with van der Waals surface area (Å²) in [4.78, 5) is 0. The van der Waals surface area contributed by atoms with Crippen molar-refractivity contribution >= 4 is 0 Å². The second-order valence-corrected chi connectivity index (χ2v) is 3.38. The van der Waals surface area contributed by atoms with Gasteiger partial charge in [0.2, 0.25) is 0 Å². The van der Waals surface area contributed by atoms with Crippen molar-refractivity contribution in [2.75, 3.05) is 19.8 Å². The Morgan fingerprint density at radius 1 is 1.27 bits per heavy atom. The van der Waals surface area contributed by atoms with E-state index in [2.05, 4.69) is 0 Å². The van der Waals surface area contributed by atoms with E-state index in [-0.39, 0.29) is 12.7 Å². The van der Waals surface area contributed by atoms with E-state index in [1.165, 1.54) is 0 Å². The molecule has 1 aromatic carbocycles. The minimum absolute atomic E-state index is 0.0526. The fourth-order valence-corrected chi connectivity index (χ4v) is 1.13. The van der Waals surface area contributed by atoms with Crippen molar-refractivity contribution in [3.05, 3.63) is 30.3 Å². The first-order valence-electron chi connectivity index (χ1n) is 5.23. The van der Waals surface area contributed by atoms with Crippen molar-refractivity contribution in [1.82, 2.24) is 0 Å². The minimum atomic E-state index is 0.0526. The molecule has 84 valence electrons. The quantitative estimate of drug-likeness (QED) is 0.698. The van der Waals surface area contributed by atoms with Crippen LogP contribution in [-0.2, 0) is 4.74 Å². The highest BCUT2D eigenvalue weighted by Crippen LogP contribution is 2.09. The maximum atomic E-state index is 8.58. The number of hydrogen-bond acceptors (Lipinski definition) is 3. The van der Waals surface area contributed by atoms with Gasteiger partial charge in [-0.2, -0.15) is 0 Å². The maximum Gasteiger partial charge on any atom is 0.119 e. The molecule has 0 saturated heterocycles. The molecule has 1 aromatic rings. The SMILES string of the molecule is CC(COc1ccccc1)OCCCO. The summed E-state index contributed by atoms with van der Waals surface area (Å²) in [6, 6.07) is 9.66. The monoisotopic (exact) mass is 210 g/mol. The topological polar surface area (TPSA) is 38.7 Å². The Bertz CT molecular complexity index is 248. The maximum absolute atomic E-state index is 8.58. The molecule has 0 amide bonds. The Hall–Kier alpha value is -1.06. The van der Waals surface area contributed by atoms with Gasteiger partial charge in [-0.1, -0.05) is 18.2 Å². The number of para-hydroxylation sites is 1. The van der Waals surface area contributed by atoms with Crippen LogP contribution in [0.25, 0.3) is 0 Å². The third-order valence-corrected chi connectivity index (χ3v) is 1.93. The van der Waals surface area contributed by atoms with Crippen LogP contribution in [0.5, 0.6) is 5.75 Å². The van der Waals surface area contributed by atoms with Crippen LogP contribution in [0.1, 0.15) is 13.3 Å². The summed E-state index contributed by atoms with van der Waals surface area (Å²) in [6.07, 6.45) is 0.729. The van der Waals surface area contributed by atoms with E-state index < -0.39 is 0 Å². The summed E-state index contributed by atoms with van der Waals surface area (Å²) in [5.74, 6) is 0.857. The van der Waals surface area contributed by atoms with Crippen molar-refractivity contribution in [2.45, 2.75) is 19.4 Å². The summed E-state index contributed by atoms with van der Waals surface area (Å²) in [6.45, 7) is 3.25. The van der Waals surface area contributed by atoms with Crippen LogP contribution in [0, 0.1) is 0 Å². The molecule has 0 aromatic heterocycles. The number of ether oxygens (including phenoxy) is 2. The Labute approximate surface area is 90.6 Å². The average Bonchev–Trinajstić information content (AvgIpc) is 2.28. The van der Waals surface area contributed by atoms with Gasteiger partial charge in [-0.05, 0) is 25.5 Å². The van der Waals surface area contributed by atoms with Gasteiger partial charge in [0, 0.05) is 13.2 Å². The van der Waals surface area contributed by atoms with E-state index in [9.17, 15) is 0 Å². The van der Waals surface area contributed by atoms with Gasteiger partial charge in [-0.25, -0.2) is 0 Å². The molecule has 1 rings (SSSR count). The summed E-state index contributed by atoms with van der Waals surface area (Å²) in [5.41, 5.74) is 0. The van der Waals surface area contributed by atoms with Crippen molar-refractivity contribution in [1.29, 1.82) is 0 Å². The fraction of sp³-hybridized carbons (Fsp3) is 0.500.